The number of aliphatic hydroxyl groups excluding tert-OH is 1. The molecule has 2 unspecified atom stereocenters. The summed E-state index contributed by atoms with van der Waals surface area (Å²) in [7, 11) is 0. The molecule has 0 aromatic heterocycles. The van der Waals surface area contributed by atoms with E-state index in [1.807, 2.05) is 0 Å². The van der Waals surface area contributed by atoms with E-state index < -0.39 is 0 Å². The van der Waals surface area contributed by atoms with Crippen LogP contribution in [0.15, 0.2) is 0 Å². The van der Waals surface area contributed by atoms with Gasteiger partial charge in [0.1, 0.15) is 0 Å². The van der Waals surface area contributed by atoms with Crippen LogP contribution in [0.25, 0.3) is 0 Å². The van der Waals surface area contributed by atoms with Gasteiger partial charge in [0, 0.05) is 12.6 Å². The van der Waals surface area contributed by atoms with Gasteiger partial charge >= 0.3 is 0 Å². The quantitative estimate of drug-likeness (QED) is 0.732. The fourth-order valence-corrected chi connectivity index (χ4v) is 3.10. The molecule has 2 heteroatoms. The van der Waals surface area contributed by atoms with Crippen LogP contribution in [-0.2, 0) is 0 Å². The maximum atomic E-state index is 9.15. The van der Waals surface area contributed by atoms with Gasteiger partial charge in [-0.1, -0.05) is 20.3 Å². The third-order valence-electron chi connectivity index (χ3n) is 3.93. The molecule has 84 valence electrons. The predicted molar refractivity (Wildman–Crippen MR) is 60.0 cm³/mol. The first-order valence-electron chi connectivity index (χ1n) is 5.78. The molecule has 3 N–H and O–H groups in total. The van der Waals surface area contributed by atoms with Crippen molar-refractivity contribution in [3.05, 3.63) is 0 Å². The van der Waals surface area contributed by atoms with E-state index in [2.05, 4.69) is 20.8 Å². The second-order valence-corrected chi connectivity index (χ2v) is 5.82. The van der Waals surface area contributed by atoms with Crippen LogP contribution in [0.3, 0.4) is 0 Å². The lowest BCUT2D eigenvalue weighted by atomic mass is 9.59. The third-order valence-corrected chi connectivity index (χ3v) is 3.93. The highest BCUT2D eigenvalue weighted by Gasteiger charge is 2.41. The van der Waals surface area contributed by atoms with E-state index >= 15 is 0 Å². The van der Waals surface area contributed by atoms with Gasteiger partial charge in [-0.25, -0.2) is 0 Å². The molecule has 1 aliphatic rings. The smallest absolute Gasteiger partial charge is 0.0436 e. The van der Waals surface area contributed by atoms with E-state index in [9.17, 15) is 0 Å². The lowest BCUT2D eigenvalue weighted by Gasteiger charge is -2.47. The highest BCUT2D eigenvalue weighted by molar-refractivity contribution is 4.94. The molecule has 0 aliphatic heterocycles. The molecular formula is C12H25NO. The maximum absolute atomic E-state index is 9.15. The van der Waals surface area contributed by atoms with Gasteiger partial charge in [0.05, 0.1) is 0 Å². The monoisotopic (exact) mass is 199 g/mol. The topological polar surface area (TPSA) is 46.2 Å². The minimum Gasteiger partial charge on any atom is -0.396 e. The fraction of sp³-hybridized carbons (Fsp3) is 1.00. The van der Waals surface area contributed by atoms with E-state index in [0.29, 0.717) is 5.41 Å². The van der Waals surface area contributed by atoms with Crippen LogP contribution < -0.4 is 5.73 Å². The summed E-state index contributed by atoms with van der Waals surface area (Å²) < 4.78 is 0. The molecule has 1 fully saturated rings. The SMILES string of the molecule is CC(N)C1(CCO)CCCC(C)(C)C1. The van der Waals surface area contributed by atoms with Crippen LogP contribution in [0, 0.1) is 10.8 Å². The third kappa shape index (κ3) is 2.48. The van der Waals surface area contributed by atoms with Gasteiger partial charge in [-0.2, -0.15) is 0 Å². The Balaban J connectivity index is 2.76. The molecule has 0 bridgehead atoms. The highest BCUT2D eigenvalue weighted by atomic mass is 16.3. The van der Waals surface area contributed by atoms with Gasteiger partial charge in [0.25, 0.3) is 0 Å². The Morgan fingerprint density at radius 2 is 2.00 bits per heavy atom. The molecule has 0 aromatic rings. The van der Waals surface area contributed by atoms with Gasteiger partial charge in [0.15, 0.2) is 0 Å². The predicted octanol–water partition coefficient (Wildman–Crippen LogP) is 2.30. The first kappa shape index (κ1) is 12.0. The molecule has 2 atom stereocenters. The van der Waals surface area contributed by atoms with E-state index in [0.717, 1.165) is 12.8 Å². The van der Waals surface area contributed by atoms with Gasteiger partial charge in [-0.05, 0) is 43.4 Å². The van der Waals surface area contributed by atoms with Crippen LogP contribution in [-0.4, -0.2) is 17.8 Å². The van der Waals surface area contributed by atoms with Crippen LogP contribution in [0.4, 0.5) is 0 Å². The highest BCUT2D eigenvalue weighted by Crippen LogP contribution is 2.49. The van der Waals surface area contributed by atoms with Crippen LogP contribution in [0.5, 0.6) is 0 Å². The number of aliphatic hydroxyl groups is 1. The van der Waals surface area contributed by atoms with Crippen molar-refractivity contribution < 1.29 is 5.11 Å². The lowest BCUT2D eigenvalue weighted by molar-refractivity contribution is 0.0386. The summed E-state index contributed by atoms with van der Waals surface area (Å²) in [5.74, 6) is 0. The largest absolute Gasteiger partial charge is 0.396 e. The number of hydrogen-bond acceptors (Lipinski definition) is 2. The van der Waals surface area contributed by atoms with Crippen LogP contribution in [0.1, 0.15) is 52.9 Å². The zero-order valence-electron chi connectivity index (χ0n) is 9.84. The maximum Gasteiger partial charge on any atom is 0.0436 e. The summed E-state index contributed by atoms with van der Waals surface area (Å²) in [4.78, 5) is 0. The average Bonchev–Trinajstić information content (AvgIpc) is 2.02. The lowest BCUT2D eigenvalue weighted by Crippen LogP contribution is -2.45. The van der Waals surface area contributed by atoms with Crippen molar-refractivity contribution in [2.24, 2.45) is 16.6 Å². The molecule has 1 saturated carbocycles. The number of hydrogen-bond donors (Lipinski definition) is 2. The molecule has 0 spiro atoms. The second kappa shape index (κ2) is 4.19. The normalized spacial score (nSPS) is 34.1. The second-order valence-electron chi connectivity index (χ2n) is 5.82. The number of nitrogens with two attached hydrogens (primary N) is 1. The molecule has 14 heavy (non-hydrogen) atoms. The molecule has 0 radical (unpaired) electrons. The van der Waals surface area contributed by atoms with E-state index in [4.69, 9.17) is 10.8 Å². The Bertz CT molecular complexity index is 185. The summed E-state index contributed by atoms with van der Waals surface area (Å²) in [5.41, 5.74) is 6.69. The van der Waals surface area contributed by atoms with Gasteiger partial charge < -0.3 is 10.8 Å². The van der Waals surface area contributed by atoms with Crippen LogP contribution >= 0.6 is 0 Å². The van der Waals surface area contributed by atoms with Crippen molar-refractivity contribution in [1.82, 2.24) is 0 Å². The Kier molecular flexibility index (Phi) is 3.59. The van der Waals surface area contributed by atoms with Crippen molar-refractivity contribution in [1.29, 1.82) is 0 Å². The Labute approximate surface area is 87.9 Å². The van der Waals surface area contributed by atoms with E-state index in [1.165, 1.54) is 19.3 Å². The first-order chi connectivity index (χ1) is 6.42. The first-order valence-corrected chi connectivity index (χ1v) is 5.78. The van der Waals surface area contributed by atoms with Crippen molar-refractivity contribution in [2.45, 2.75) is 58.9 Å². The average molecular weight is 199 g/mol. The van der Waals surface area contributed by atoms with Crippen molar-refractivity contribution in [3.63, 3.8) is 0 Å². The van der Waals surface area contributed by atoms with Gasteiger partial charge in [-0.15, -0.1) is 0 Å². The van der Waals surface area contributed by atoms with Gasteiger partial charge in [-0.3, -0.25) is 0 Å². The van der Waals surface area contributed by atoms with Crippen molar-refractivity contribution in [3.8, 4) is 0 Å². The Morgan fingerprint density at radius 1 is 1.36 bits per heavy atom. The summed E-state index contributed by atoms with van der Waals surface area (Å²) >= 11 is 0. The molecule has 0 heterocycles. The Hall–Kier alpha value is -0.0800. The van der Waals surface area contributed by atoms with E-state index in [1.54, 1.807) is 0 Å². The standard InChI is InChI=1S/C12H25NO/c1-10(13)12(7-8-14)6-4-5-11(2,3)9-12/h10,14H,4-9,13H2,1-3H3. The van der Waals surface area contributed by atoms with Crippen LogP contribution in [0.2, 0.25) is 0 Å². The molecule has 2 nitrogen and oxygen atoms in total. The fourth-order valence-electron chi connectivity index (χ4n) is 3.10. The summed E-state index contributed by atoms with van der Waals surface area (Å²) in [6.07, 6.45) is 5.78. The van der Waals surface area contributed by atoms with Crippen molar-refractivity contribution in [2.75, 3.05) is 6.61 Å². The molecule has 0 saturated heterocycles. The summed E-state index contributed by atoms with van der Waals surface area (Å²) in [5, 5.41) is 9.15. The molecule has 1 rings (SSSR count). The minimum absolute atomic E-state index is 0.191. The van der Waals surface area contributed by atoms with Gasteiger partial charge in [0.2, 0.25) is 0 Å². The zero-order chi connectivity index (χ0) is 10.8. The molecular weight excluding hydrogens is 174 g/mol. The molecule has 1 aliphatic carbocycles. The molecule has 0 amide bonds. The number of rotatable bonds is 3. The summed E-state index contributed by atoms with van der Waals surface area (Å²) in [6.45, 7) is 7.01. The summed E-state index contributed by atoms with van der Waals surface area (Å²) in [6, 6.07) is 0.203. The van der Waals surface area contributed by atoms with Crippen molar-refractivity contribution >= 4 is 0 Å². The Morgan fingerprint density at radius 3 is 2.43 bits per heavy atom. The van der Waals surface area contributed by atoms with E-state index in [-0.39, 0.29) is 18.1 Å². The zero-order valence-corrected chi connectivity index (χ0v) is 9.84. The molecule has 0 aromatic carbocycles. The minimum atomic E-state index is 0.191.